The number of fused-ring (bicyclic) bond motifs is 1. The largest absolute Gasteiger partial charge is 0.358 e. The molecular weight excluding hydrogens is 242 g/mol. The molecular formula is C12H15N7. The van der Waals surface area contributed by atoms with Crippen LogP contribution < -0.4 is 4.90 Å². The summed E-state index contributed by atoms with van der Waals surface area (Å²) < 4.78 is 2.07. The number of anilines is 1. The monoisotopic (exact) mass is 257 g/mol. The molecule has 0 aliphatic rings. The Morgan fingerprint density at radius 3 is 3.11 bits per heavy atom. The van der Waals surface area contributed by atoms with E-state index in [4.69, 9.17) is 0 Å². The number of aromatic nitrogens is 6. The van der Waals surface area contributed by atoms with E-state index in [1.54, 1.807) is 18.9 Å². The Hall–Kier alpha value is -2.44. The Morgan fingerprint density at radius 1 is 1.32 bits per heavy atom. The second kappa shape index (κ2) is 5.05. The number of H-pyrrole nitrogens is 1. The quantitative estimate of drug-likeness (QED) is 0.740. The van der Waals surface area contributed by atoms with Crippen LogP contribution in [0.3, 0.4) is 0 Å². The predicted molar refractivity (Wildman–Crippen MR) is 71.8 cm³/mol. The van der Waals surface area contributed by atoms with Crippen LogP contribution in [0.25, 0.3) is 11.2 Å². The third kappa shape index (κ3) is 2.40. The van der Waals surface area contributed by atoms with Gasteiger partial charge in [-0.15, -0.1) is 0 Å². The van der Waals surface area contributed by atoms with Crippen molar-refractivity contribution in [2.75, 3.05) is 18.5 Å². The highest BCUT2D eigenvalue weighted by Gasteiger charge is 2.09. The number of nitrogens with zero attached hydrogens (tertiary/aromatic N) is 6. The maximum absolute atomic E-state index is 4.32. The lowest BCUT2D eigenvalue weighted by Gasteiger charge is -2.18. The molecule has 0 unspecified atom stereocenters. The molecule has 0 radical (unpaired) electrons. The van der Waals surface area contributed by atoms with Gasteiger partial charge in [0.05, 0.1) is 12.7 Å². The maximum atomic E-state index is 4.32. The van der Waals surface area contributed by atoms with Crippen LogP contribution >= 0.6 is 0 Å². The molecule has 0 atom stereocenters. The van der Waals surface area contributed by atoms with Gasteiger partial charge in [-0.3, -0.25) is 0 Å². The van der Waals surface area contributed by atoms with Gasteiger partial charge in [0.15, 0.2) is 11.5 Å². The van der Waals surface area contributed by atoms with Gasteiger partial charge in [0, 0.05) is 32.5 Å². The van der Waals surface area contributed by atoms with Gasteiger partial charge >= 0.3 is 0 Å². The molecule has 3 rings (SSSR count). The first-order valence-electron chi connectivity index (χ1n) is 6.15. The zero-order valence-electron chi connectivity index (χ0n) is 10.7. The molecule has 19 heavy (non-hydrogen) atoms. The van der Waals surface area contributed by atoms with Crippen molar-refractivity contribution in [1.29, 1.82) is 0 Å². The normalized spacial score (nSPS) is 11.0. The highest BCUT2D eigenvalue weighted by Crippen LogP contribution is 2.18. The van der Waals surface area contributed by atoms with Crippen LogP contribution in [0.15, 0.2) is 31.4 Å². The lowest BCUT2D eigenvalue weighted by Crippen LogP contribution is -2.21. The summed E-state index contributed by atoms with van der Waals surface area (Å²) in [6.07, 6.45) is 9.80. The van der Waals surface area contributed by atoms with E-state index in [2.05, 4.69) is 34.4 Å². The number of nitrogens with one attached hydrogen (secondary N) is 1. The van der Waals surface area contributed by atoms with Crippen LogP contribution in [0.4, 0.5) is 5.82 Å². The third-order valence-corrected chi connectivity index (χ3v) is 3.03. The molecule has 7 nitrogen and oxygen atoms in total. The van der Waals surface area contributed by atoms with Crippen LogP contribution in [-0.2, 0) is 6.54 Å². The Morgan fingerprint density at radius 2 is 2.26 bits per heavy atom. The molecule has 3 aromatic rings. The lowest BCUT2D eigenvalue weighted by atomic mass is 10.3. The van der Waals surface area contributed by atoms with E-state index >= 15 is 0 Å². The van der Waals surface area contributed by atoms with Crippen molar-refractivity contribution >= 4 is 17.0 Å². The molecule has 0 aliphatic carbocycles. The van der Waals surface area contributed by atoms with Crippen LogP contribution in [0.5, 0.6) is 0 Å². The van der Waals surface area contributed by atoms with E-state index in [0.29, 0.717) is 5.65 Å². The number of imidazole rings is 2. The zero-order valence-corrected chi connectivity index (χ0v) is 10.7. The van der Waals surface area contributed by atoms with Gasteiger partial charge in [-0.1, -0.05) is 0 Å². The van der Waals surface area contributed by atoms with Gasteiger partial charge in [0.2, 0.25) is 0 Å². The summed E-state index contributed by atoms with van der Waals surface area (Å²) in [5, 5.41) is 0. The standard InChI is InChI=1S/C12H15N7/c1-18(4-2-5-19-6-3-13-9-19)12-10-11(15-7-14-10)16-8-17-12/h3,6-9H,2,4-5H2,1H3,(H,14,15,16,17). The van der Waals surface area contributed by atoms with Gasteiger partial charge < -0.3 is 14.5 Å². The second-order valence-corrected chi connectivity index (χ2v) is 4.37. The van der Waals surface area contributed by atoms with Crippen LogP contribution in [-0.4, -0.2) is 43.1 Å². The Bertz CT molecular complexity index is 643. The first-order chi connectivity index (χ1) is 9.34. The van der Waals surface area contributed by atoms with E-state index in [-0.39, 0.29) is 0 Å². The molecule has 0 bridgehead atoms. The van der Waals surface area contributed by atoms with Crippen LogP contribution in [0, 0.1) is 0 Å². The fourth-order valence-corrected chi connectivity index (χ4v) is 2.06. The minimum atomic E-state index is 0.700. The van der Waals surface area contributed by atoms with Gasteiger partial charge in [-0.2, -0.15) is 0 Å². The summed E-state index contributed by atoms with van der Waals surface area (Å²) in [7, 11) is 2.02. The maximum Gasteiger partial charge on any atom is 0.182 e. The summed E-state index contributed by atoms with van der Waals surface area (Å²) in [6.45, 7) is 1.85. The minimum Gasteiger partial charge on any atom is -0.358 e. The van der Waals surface area contributed by atoms with Crippen molar-refractivity contribution in [2.24, 2.45) is 0 Å². The SMILES string of the molecule is CN(CCCn1ccnc1)c1ncnc2nc[nH]c12. The third-order valence-electron chi connectivity index (χ3n) is 3.03. The molecule has 0 saturated carbocycles. The summed E-state index contributed by atoms with van der Waals surface area (Å²) in [5.41, 5.74) is 1.58. The smallest absolute Gasteiger partial charge is 0.182 e. The summed E-state index contributed by atoms with van der Waals surface area (Å²) in [6, 6.07) is 0. The first-order valence-corrected chi connectivity index (χ1v) is 6.15. The average Bonchev–Trinajstić information content (AvgIpc) is 3.08. The lowest BCUT2D eigenvalue weighted by molar-refractivity contribution is 0.636. The van der Waals surface area contributed by atoms with Gasteiger partial charge in [-0.05, 0) is 6.42 Å². The number of rotatable bonds is 5. The molecule has 0 saturated heterocycles. The molecule has 98 valence electrons. The van der Waals surface area contributed by atoms with Crippen molar-refractivity contribution in [2.45, 2.75) is 13.0 Å². The molecule has 3 aromatic heterocycles. The predicted octanol–water partition coefficient (Wildman–Crippen LogP) is 1.08. The number of aryl methyl sites for hydroxylation is 1. The molecule has 1 N–H and O–H groups in total. The molecule has 0 aromatic carbocycles. The summed E-state index contributed by atoms with van der Waals surface area (Å²) in [4.78, 5) is 21.8. The van der Waals surface area contributed by atoms with Gasteiger partial charge in [0.25, 0.3) is 0 Å². The zero-order chi connectivity index (χ0) is 13.1. The van der Waals surface area contributed by atoms with E-state index in [9.17, 15) is 0 Å². The van der Waals surface area contributed by atoms with Crippen molar-refractivity contribution in [1.82, 2.24) is 29.5 Å². The molecule has 0 fully saturated rings. The number of aromatic amines is 1. The van der Waals surface area contributed by atoms with Gasteiger partial charge in [0.1, 0.15) is 11.8 Å². The Balaban J connectivity index is 1.66. The minimum absolute atomic E-state index is 0.700. The fraction of sp³-hybridized carbons (Fsp3) is 0.333. The average molecular weight is 257 g/mol. The second-order valence-electron chi connectivity index (χ2n) is 4.37. The van der Waals surface area contributed by atoms with E-state index in [1.165, 1.54) is 0 Å². The Labute approximate surface area is 110 Å². The summed E-state index contributed by atoms with van der Waals surface area (Å²) >= 11 is 0. The highest BCUT2D eigenvalue weighted by molar-refractivity contribution is 5.82. The first kappa shape index (κ1) is 11.6. The van der Waals surface area contributed by atoms with Crippen LogP contribution in [0.2, 0.25) is 0 Å². The fourth-order valence-electron chi connectivity index (χ4n) is 2.06. The van der Waals surface area contributed by atoms with Gasteiger partial charge in [-0.25, -0.2) is 19.9 Å². The number of hydrogen-bond donors (Lipinski definition) is 1. The van der Waals surface area contributed by atoms with Crippen molar-refractivity contribution < 1.29 is 0 Å². The van der Waals surface area contributed by atoms with Crippen LogP contribution in [0.1, 0.15) is 6.42 Å². The molecule has 0 aliphatic heterocycles. The molecule has 0 amide bonds. The Kier molecular flexibility index (Phi) is 3.09. The van der Waals surface area contributed by atoms with E-state index in [1.807, 2.05) is 19.6 Å². The van der Waals surface area contributed by atoms with E-state index in [0.717, 1.165) is 30.8 Å². The number of hydrogen-bond acceptors (Lipinski definition) is 5. The van der Waals surface area contributed by atoms with E-state index < -0.39 is 0 Å². The molecule has 0 spiro atoms. The topological polar surface area (TPSA) is 75.5 Å². The summed E-state index contributed by atoms with van der Waals surface area (Å²) in [5.74, 6) is 0.883. The highest BCUT2D eigenvalue weighted by atomic mass is 15.2. The van der Waals surface area contributed by atoms with Crippen molar-refractivity contribution in [3.63, 3.8) is 0 Å². The molecule has 3 heterocycles. The molecule has 7 heteroatoms. The van der Waals surface area contributed by atoms with Crippen molar-refractivity contribution in [3.8, 4) is 0 Å². The van der Waals surface area contributed by atoms with Crippen molar-refractivity contribution in [3.05, 3.63) is 31.4 Å².